The van der Waals surface area contributed by atoms with Gasteiger partial charge in [-0.15, -0.1) is 0 Å². The molecule has 0 fully saturated rings. The summed E-state index contributed by atoms with van der Waals surface area (Å²) in [5.41, 5.74) is -0.793. The van der Waals surface area contributed by atoms with Crippen molar-refractivity contribution in [3.8, 4) is 5.69 Å². The summed E-state index contributed by atoms with van der Waals surface area (Å²) in [5.74, 6) is -5.63. The van der Waals surface area contributed by atoms with E-state index in [9.17, 15) is 22.0 Å². The zero-order valence-corrected chi connectivity index (χ0v) is 17.5. The highest BCUT2D eigenvalue weighted by atomic mass is 79.9. The number of alkyl halides is 2. The lowest BCUT2D eigenvalue weighted by atomic mass is 10.1. The largest absolute Gasteiger partial charge is 0.351 e. The molecule has 0 unspecified atom stereocenters. The lowest BCUT2D eigenvalue weighted by Gasteiger charge is -2.18. The summed E-state index contributed by atoms with van der Waals surface area (Å²) in [5, 5.41) is 10.9. The smallest absolute Gasteiger partial charge is 0.320 e. The molecule has 0 spiro atoms. The number of anilines is 1. The van der Waals surface area contributed by atoms with Crippen LogP contribution in [0.1, 0.15) is 5.56 Å². The van der Waals surface area contributed by atoms with Gasteiger partial charge in [0.25, 0.3) is 5.91 Å². The Hall–Kier alpha value is -2.34. The number of aromatic nitrogens is 2. The van der Waals surface area contributed by atoms with E-state index in [1.165, 1.54) is 47.4 Å². The van der Waals surface area contributed by atoms with Crippen LogP contribution in [0.4, 0.5) is 14.5 Å². The number of carbonyl (C=O) groups is 1. The molecule has 0 saturated carbocycles. The fraction of sp³-hybridized carbons (Fsp3) is 0.0588. The first-order valence-electron chi connectivity index (χ1n) is 7.82. The Kier molecular flexibility index (Phi) is 5.77. The average Bonchev–Trinajstić information content (AvgIpc) is 3.07. The third-order valence-electron chi connectivity index (χ3n) is 3.82. The van der Waals surface area contributed by atoms with Crippen molar-refractivity contribution in [1.82, 2.24) is 9.78 Å². The van der Waals surface area contributed by atoms with Crippen LogP contribution in [0.3, 0.4) is 0 Å². The maximum Gasteiger partial charge on any atom is 0.351 e. The van der Waals surface area contributed by atoms with Crippen molar-refractivity contribution in [1.29, 1.82) is 0 Å². The number of halogens is 4. The van der Waals surface area contributed by atoms with E-state index in [1.54, 1.807) is 0 Å². The van der Waals surface area contributed by atoms with Gasteiger partial charge in [0, 0.05) is 17.4 Å². The molecule has 1 amide bonds. The molecule has 0 aliphatic carbocycles. The molecule has 0 saturated heterocycles. The molecule has 1 heterocycles. The van der Waals surface area contributed by atoms with Gasteiger partial charge in [0.15, 0.2) is 0 Å². The van der Waals surface area contributed by atoms with Gasteiger partial charge in [0.2, 0.25) is 10.0 Å². The Morgan fingerprint density at radius 2 is 1.93 bits per heavy atom. The van der Waals surface area contributed by atoms with Crippen molar-refractivity contribution >= 4 is 49.1 Å². The Morgan fingerprint density at radius 3 is 2.52 bits per heavy atom. The highest BCUT2D eigenvalue weighted by Gasteiger charge is 2.42. The number of rotatable bonds is 5. The fourth-order valence-electron chi connectivity index (χ4n) is 2.49. The van der Waals surface area contributed by atoms with E-state index in [2.05, 4.69) is 21.0 Å². The minimum Gasteiger partial charge on any atom is -0.320 e. The quantitative estimate of drug-likeness (QED) is 0.552. The number of amides is 1. The molecule has 3 rings (SSSR count). The number of primary sulfonamides is 1. The molecule has 0 aliphatic heterocycles. The zero-order chi connectivity index (χ0) is 21.4. The van der Waals surface area contributed by atoms with Gasteiger partial charge < -0.3 is 5.32 Å². The molecule has 3 N–H and O–H groups in total. The van der Waals surface area contributed by atoms with E-state index in [-0.39, 0.29) is 16.4 Å². The Balaban J connectivity index is 1.98. The SMILES string of the molecule is NS(=O)(=O)c1cc(NC(=O)C(F)(F)c2ccccc2Cl)ccc1-n1cc(Br)cn1. The van der Waals surface area contributed by atoms with Crippen LogP contribution in [-0.2, 0) is 20.7 Å². The van der Waals surface area contributed by atoms with Gasteiger partial charge in [-0.1, -0.05) is 29.8 Å². The van der Waals surface area contributed by atoms with Crippen LogP contribution in [0, 0.1) is 0 Å². The van der Waals surface area contributed by atoms with E-state index in [1.807, 2.05) is 5.32 Å². The average molecular weight is 506 g/mol. The third-order valence-corrected chi connectivity index (χ3v) is 5.50. The predicted molar refractivity (Wildman–Crippen MR) is 107 cm³/mol. The van der Waals surface area contributed by atoms with Crippen LogP contribution in [0.25, 0.3) is 5.69 Å². The first-order valence-corrected chi connectivity index (χ1v) is 10.5. The minimum atomic E-state index is -4.26. The minimum absolute atomic E-state index is 0.0778. The Bertz CT molecular complexity index is 1200. The number of hydrogen-bond acceptors (Lipinski definition) is 4. The van der Waals surface area contributed by atoms with Crippen molar-refractivity contribution in [3.05, 3.63) is 69.9 Å². The summed E-state index contributed by atoms with van der Waals surface area (Å²) < 4.78 is 54.8. The Labute approximate surface area is 177 Å². The molecular weight excluding hydrogens is 494 g/mol. The molecule has 12 heteroatoms. The highest BCUT2D eigenvalue weighted by molar-refractivity contribution is 9.10. The highest BCUT2D eigenvalue weighted by Crippen LogP contribution is 2.35. The number of benzene rings is 2. The second-order valence-corrected chi connectivity index (χ2v) is 8.69. The zero-order valence-electron chi connectivity index (χ0n) is 14.3. The molecule has 1 aromatic heterocycles. The maximum atomic E-state index is 14.5. The molecule has 2 aromatic carbocycles. The first-order chi connectivity index (χ1) is 13.5. The monoisotopic (exact) mass is 504 g/mol. The third kappa shape index (κ3) is 4.47. The Morgan fingerprint density at radius 1 is 1.24 bits per heavy atom. The number of nitrogens with zero attached hydrogens (tertiary/aromatic N) is 2. The summed E-state index contributed by atoms with van der Waals surface area (Å²) >= 11 is 8.95. The van der Waals surface area contributed by atoms with E-state index in [0.29, 0.717) is 4.47 Å². The van der Waals surface area contributed by atoms with Crippen molar-refractivity contribution in [3.63, 3.8) is 0 Å². The molecule has 0 aliphatic rings. The van der Waals surface area contributed by atoms with Gasteiger partial charge in [0.05, 0.1) is 21.4 Å². The van der Waals surface area contributed by atoms with E-state index >= 15 is 0 Å². The molecule has 3 aromatic rings. The molecule has 0 radical (unpaired) electrons. The summed E-state index contributed by atoms with van der Waals surface area (Å²) in [4.78, 5) is 11.8. The van der Waals surface area contributed by atoms with Crippen LogP contribution in [-0.4, -0.2) is 24.1 Å². The molecule has 7 nitrogen and oxygen atoms in total. The number of nitrogens with one attached hydrogen (secondary N) is 1. The number of nitrogens with two attached hydrogens (primary N) is 1. The summed E-state index contributed by atoms with van der Waals surface area (Å²) in [6, 6.07) is 8.52. The van der Waals surface area contributed by atoms with Gasteiger partial charge in [-0.25, -0.2) is 18.2 Å². The lowest BCUT2D eigenvalue weighted by molar-refractivity contribution is -0.140. The maximum absolute atomic E-state index is 14.5. The number of sulfonamides is 1. The van der Waals surface area contributed by atoms with E-state index in [4.69, 9.17) is 16.7 Å². The van der Waals surface area contributed by atoms with Crippen molar-refractivity contribution in [2.24, 2.45) is 5.14 Å². The van der Waals surface area contributed by atoms with Crippen LogP contribution >= 0.6 is 27.5 Å². The van der Waals surface area contributed by atoms with Gasteiger partial charge in [-0.3, -0.25) is 4.79 Å². The molecule has 152 valence electrons. The van der Waals surface area contributed by atoms with Gasteiger partial charge in [-0.05, 0) is 40.2 Å². The topological polar surface area (TPSA) is 107 Å². The van der Waals surface area contributed by atoms with E-state index in [0.717, 1.165) is 12.1 Å². The van der Waals surface area contributed by atoms with Gasteiger partial charge in [-0.2, -0.15) is 13.9 Å². The summed E-state index contributed by atoms with van der Waals surface area (Å²) in [6.07, 6.45) is 2.90. The summed E-state index contributed by atoms with van der Waals surface area (Å²) in [7, 11) is -4.26. The van der Waals surface area contributed by atoms with Crippen molar-refractivity contribution < 1.29 is 22.0 Å². The normalized spacial score (nSPS) is 12.0. The number of carbonyl (C=O) groups excluding carboxylic acids is 1. The molecule has 29 heavy (non-hydrogen) atoms. The standard InChI is InChI=1S/C17H12BrClF2N4O3S/c18-10-8-23-25(9-10)14-6-5-11(7-15(14)29(22,27)28)24-16(26)17(20,21)12-3-1-2-4-13(12)19/h1-9H,(H,24,26)(H2,22,27,28). The van der Waals surface area contributed by atoms with Gasteiger partial charge >= 0.3 is 5.92 Å². The second-order valence-electron chi connectivity index (χ2n) is 5.84. The second kappa shape index (κ2) is 7.82. The van der Waals surface area contributed by atoms with Crippen LogP contribution in [0.15, 0.2) is 64.2 Å². The van der Waals surface area contributed by atoms with Crippen molar-refractivity contribution in [2.45, 2.75) is 10.8 Å². The summed E-state index contributed by atoms with van der Waals surface area (Å²) in [6.45, 7) is 0. The first kappa shape index (κ1) is 21.4. The van der Waals surface area contributed by atoms with Gasteiger partial charge in [0.1, 0.15) is 4.90 Å². The van der Waals surface area contributed by atoms with Crippen LogP contribution in [0.2, 0.25) is 5.02 Å². The fourth-order valence-corrected chi connectivity index (χ4v) is 3.77. The lowest BCUT2D eigenvalue weighted by Crippen LogP contribution is -2.32. The molecular formula is C17H12BrClF2N4O3S. The number of hydrogen-bond donors (Lipinski definition) is 2. The molecule has 0 atom stereocenters. The predicted octanol–water partition coefficient (Wildman–Crippen LogP) is 3.67. The van der Waals surface area contributed by atoms with Crippen LogP contribution < -0.4 is 10.5 Å². The molecule has 0 bridgehead atoms. The van der Waals surface area contributed by atoms with Crippen LogP contribution in [0.5, 0.6) is 0 Å². The van der Waals surface area contributed by atoms with Crippen molar-refractivity contribution in [2.75, 3.05) is 5.32 Å². The van der Waals surface area contributed by atoms with E-state index < -0.39 is 32.3 Å².